The fraction of sp³-hybridized carbons (Fsp3) is 0.353. The van der Waals surface area contributed by atoms with Gasteiger partial charge in [0.15, 0.2) is 0 Å². The summed E-state index contributed by atoms with van der Waals surface area (Å²) in [6.07, 6.45) is 0.672. The van der Waals surface area contributed by atoms with Crippen molar-refractivity contribution in [3.05, 3.63) is 47.0 Å². The average molecular weight is 366 g/mol. The van der Waals surface area contributed by atoms with E-state index in [1.807, 2.05) is 0 Å². The molecular weight excluding hydrogens is 349 g/mol. The van der Waals surface area contributed by atoms with Gasteiger partial charge in [0.05, 0.1) is 23.4 Å². The first-order valence-corrected chi connectivity index (χ1v) is 8.04. The van der Waals surface area contributed by atoms with Crippen LogP contribution in [0.2, 0.25) is 0 Å². The monoisotopic (exact) mass is 366 g/mol. The number of aromatic nitrogens is 2. The van der Waals surface area contributed by atoms with Crippen LogP contribution in [0.5, 0.6) is 0 Å². The second-order valence-electron chi connectivity index (χ2n) is 6.20. The summed E-state index contributed by atoms with van der Waals surface area (Å²) in [6, 6.07) is 2.84. The Bertz CT molecular complexity index is 894. The summed E-state index contributed by atoms with van der Waals surface area (Å²) in [6.45, 7) is 3.17. The number of hydrogen-bond acceptors (Lipinski definition) is 3. The minimum Gasteiger partial charge on any atom is -0.365 e. The van der Waals surface area contributed by atoms with Gasteiger partial charge in [-0.05, 0) is 25.1 Å². The number of fused-ring (bicyclic) bond motifs is 1. The highest BCUT2D eigenvalue weighted by molar-refractivity contribution is 6.12. The summed E-state index contributed by atoms with van der Waals surface area (Å²) in [7, 11) is 0. The van der Waals surface area contributed by atoms with Crippen LogP contribution in [0.3, 0.4) is 0 Å². The number of nitrogens with zero attached hydrogens (tertiary/aromatic N) is 3. The Kier molecular flexibility index (Phi) is 4.25. The number of primary amides is 1. The molecule has 2 N–H and O–H groups in total. The van der Waals surface area contributed by atoms with E-state index in [1.54, 1.807) is 6.92 Å². The molecule has 6 nitrogen and oxygen atoms in total. The van der Waals surface area contributed by atoms with Crippen LogP contribution in [-0.4, -0.2) is 28.1 Å². The molecule has 1 aromatic heterocycles. The van der Waals surface area contributed by atoms with Crippen LogP contribution in [0.25, 0.3) is 0 Å². The van der Waals surface area contributed by atoms with Gasteiger partial charge in [0.1, 0.15) is 11.5 Å². The standard InChI is InChI=1S/C17H17F3N4O2/c1-3-17(19,20)12-5-4-10(6-13(12)18)23-8-9(2)24-14(16(23)26)11(7-22-24)15(21)25/h4-7,9H,3,8H2,1-2H3,(H2,21,25). The molecule has 0 bridgehead atoms. The second kappa shape index (κ2) is 6.15. The summed E-state index contributed by atoms with van der Waals surface area (Å²) >= 11 is 0. The Hall–Kier alpha value is -2.84. The van der Waals surface area contributed by atoms with Gasteiger partial charge in [-0.15, -0.1) is 0 Å². The van der Waals surface area contributed by atoms with Crippen molar-refractivity contribution >= 4 is 17.5 Å². The van der Waals surface area contributed by atoms with Crippen LogP contribution in [-0.2, 0) is 5.92 Å². The molecule has 0 saturated carbocycles. The first-order valence-electron chi connectivity index (χ1n) is 8.04. The molecule has 2 aromatic rings. The van der Waals surface area contributed by atoms with Gasteiger partial charge in [-0.1, -0.05) is 6.92 Å². The van der Waals surface area contributed by atoms with E-state index in [2.05, 4.69) is 5.10 Å². The Morgan fingerprint density at radius 1 is 1.42 bits per heavy atom. The van der Waals surface area contributed by atoms with Gasteiger partial charge in [-0.3, -0.25) is 14.3 Å². The number of carbonyl (C=O) groups excluding carboxylic acids is 2. The lowest BCUT2D eigenvalue weighted by Gasteiger charge is -2.32. The predicted octanol–water partition coefficient (Wildman–Crippen LogP) is 2.84. The summed E-state index contributed by atoms with van der Waals surface area (Å²) in [5, 5.41) is 4.01. The van der Waals surface area contributed by atoms with E-state index in [4.69, 9.17) is 5.73 Å². The smallest absolute Gasteiger partial charge is 0.277 e. The lowest BCUT2D eigenvalue weighted by Crippen LogP contribution is -2.43. The molecule has 0 fully saturated rings. The fourth-order valence-corrected chi connectivity index (χ4v) is 3.02. The highest BCUT2D eigenvalue weighted by atomic mass is 19.3. The van der Waals surface area contributed by atoms with Crippen molar-refractivity contribution < 1.29 is 22.8 Å². The number of amides is 2. The molecule has 138 valence electrons. The molecule has 2 heterocycles. The van der Waals surface area contributed by atoms with Gasteiger partial charge in [-0.2, -0.15) is 5.10 Å². The maximum Gasteiger partial charge on any atom is 0.277 e. The maximum absolute atomic E-state index is 14.2. The molecule has 1 aliphatic heterocycles. The molecule has 0 spiro atoms. The van der Waals surface area contributed by atoms with Crippen molar-refractivity contribution in [2.45, 2.75) is 32.2 Å². The lowest BCUT2D eigenvalue weighted by molar-refractivity contribution is -0.0117. The lowest BCUT2D eigenvalue weighted by atomic mass is 10.0. The van der Waals surface area contributed by atoms with Gasteiger partial charge in [0, 0.05) is 18.7 Å². The zero-order valence-corrected chi connectivity index (χ0v) is 14.2. The van der Waals surface area contributed by atoms with Crippen LogP contribution in [0.1, 0.15) is 52.7 Å². The number of nitrogens with two attached hydrogens (primary N) is 1. The molecule has 0 aliphatic carbocycles. The van der Waals surface area contributed by atoms with E-state index < -0.39 is 35.5 Å². The highest BCUT2D eigenvalue weighted by Crippen LogP contribution is 2.36. The third-order valence-corrected chi connectivity index (χ3v) is 4.48. The first-order chi connectivity index (χ1) is 12.2. The van der Waals surface area contributed by atoms with Crippen LogP contribution in [0, 0.1) is 5.82 Å². The van der Waals surface area contributed by atoms with Crippen molar-refractivity contribution in [1.29, 1.82) is 0 Å². The molecule has 26 heavy (non-hydrogen) atoms. The molecule has 0 radical (unpaired) electrons. The Labute approximate surface area is 147 Å². The third kappa shape index (κ3) is 2.73. The zero-order chi connectivity index (χ0) is 19.2. The van der Waals surface area contributed by atoms with Crippen molar-refractivity contribution in [2.24, 2.45) is 5.73 Å². The second-order valence-corrected chi connectivity index (χ2v) is 6.20. The first kappa shape index (κ1) is 18.0. The van der Waals surface area contributed by atoms with Crippen molar-refractivity contribution in [3.63, 3.8) is 0 Å². The van der Waals surface area contributed by atoms with Gasteiger partial charge >= 0.3 is 0 Å². The van der Waals surface area contributed by atoms with E-state index in [0.29, 0.717) is 0 Å². The van der Waals surface area contributed by atoms with Gasteiger partial charge in [0.25, 0.3) is 17.7 Å². The SMILES string of the molecule is CCC(F)(F)c1ccc(N2CC(C)n3ncc(C(N)=O)c3C2=O)cc1F. The van der Waals surface area contributed by atoms with Crippen LogP contribution in [0.4, 0.5) is 18.9 Å². The number of carbonyl (C=O) groups is 2. The van der Waals surface area contributed by atoms with Crippen LogP contribution >= 0.6 is 0 Å². The quantitative estimate of drug-likeness (QED) is 0.903. The molecular formula is C17H17F3N4O2. The van der Waals surface area contributed by atoms with Gasteiger partial charge in [-0.25, -0.2) is 13.2 Å². The number of halogens is 3. The number of alkyl halides is 2. The molecule has 1 unspecified atom stereocenters. The molecule has 0 saturated heterocycles. The van der Waals surface area contributed by atoms with E-state index >= 15 is 0 Å². The van der Waals surface area contributed by atoms with Crippen LogP contribution in [0.15, 0.2) is 24.4 Å². The number of anilines is 1. The largest absolute Gasteiger partial charge is 0.365 e. The van der Waals surface area contributed by atoms with Crippen molar-refractivity contribution in [1.82, 2.24) is 9.78 Å². The number of benzene rings is 1. The number of rotatable bonds is 4. The Balaban J connectivity index is 2.03. The normalized spacial score (nSPS) is 17.3. The topological polar surface area (TPSA) is 81.2 Å². The van der Waals surface area contributed by atoms with E-state index in [9.17, 15) is 22.8 Å². The Morgan fingerprint density at radius 3 is 2.69 bits per heavy atom. The molecule has 2 amide bonds. The highest BCUT2D eigenvalue weighted by Gasteiger charge is 2.36. The third-order valence-electron chi connectivity index (χ3n) is 4.48. The van der Waals surface area contributed by atoms with E-state index in [-0.39, 0.29) is 29.5 Å². The summed E-state index contributed by atoms with van der Waals surface area (Å²) < 4.78 is 43.2. The van der Waals surface area contributed by atoms with Crippen LogP contribution < -0.4 is 10.6 Å². The molecule has 1 atom stereocenters. The molecule has 1 aromatic carbocycles. The molecule has 9 heteroatoms. The minimum absolute atomic E-state index is 0.000349. The fourth-order valence-electron chi connectivity index (χ4n) is 3.02. The van der Waals surface area contributed by atoms with Gasteiger partial charge < -0.3 is 10.6 Å². The van der Waals surface area contributed by atoms with Crippen molar-refractivity contribution in [3.8, 4) is 0 Å². The minimum atomic E-state index is -3.29. The van der Waals surface area contributed by atoms with Gasteiger partial charge in [0.2, 0.25) is 0 Å². The maximum atomic E-state index is 14.2. The predicted molar refractivity (Wildman–Crippen MR) is 87.7 cm³/mol. The summed E-state index contributed by atoms with van der Waals surface area (Å²) in [4.78, 5) is 25.5. The van der Waals surface area contributed by atoms with Crippen molar-refractivity contribution in [2.75, 3.05) is 11.4 Å². The number of hydrogen-bond donors (Lipinski definition) is 1. The Morgan fingerprint density at radius 2 is 2.12 bits per heavy atom. The molecule has 1 aliphatic rings. The average Bonchev–Trinajstić information content (AvgIpc) is 3.04. The summed E-state index contributed by atoms with van der Waals surface area (Å²) in [5.41, 5.74) is 4.64. The van der Waals surface area contributed by atoms with E-state index in [0.717, 1.165) is 12.1 Å². The summed E-state index contributed by atoms with van der Waals surface area (Å²) in [5.74, 6) is -5.79. The molecule has 3 rings (SSSR count). The van der Waals surface area contributed by atoms with E-state index in [1.165, 1.54) is 28.8 Å². The zero-order valence-electron chi connectivity index (χ0n) is 14.2.